The number of β-amino-alcohol motifs (C(OH)–C–C–N with tert-alkyl or cyclic N) is 1. The molecule has 23 heavy (non-hydrogen) atoms. The Morgan fingerprint density at radius 3 is 2.91 bits per heavy atom. The molecule has 1 saturated heterocycles. The van der Waals surface area contributed by atoms with Gasteiger partial charge in [-0.15, -0.1) is 0 Å². The van der Waals surface area contributed by atoms with Gasteiger partial charge >= 0.3 is 0 Å². The van der Waals surface area contributed by atoms with Crippen LogP contribution >= 0.6 is 0 Å². The lowest BCUT2D eigenvalue weighted by Gasteiger charge is -2.16. The van der Waals surface area contributed by atoms with Gasteiger partial charge in [-0.05, 0) is 26.3 Å². The first kappa shape index (κ1) is 15.4. The predicted molar refractivity (Wildman–Crippen MR) is 83.6 cm³/mol. The highest BCUT2D eigenvalue weighted by Gasteiger charge is 2.35. The number of aliphatic hydroxyl groups excluding tert-OH is 1. The van der Waals surface area contributed by atoms with Crippen molar-refractivity contribution in [1.82, 2.24) is 25.1 Å². The van der Waals surface area contributed by atoms with Gasteiger partial charge < -0.3 is 15.7 Å². The number of amides is 1. The molecule has 2 aromatic heterocycles. The quantitative estimate of drug-likeness (QED) is 0.737. The monoisotopic (exact) mass is 316 g/mol. The molecule has 2 atom stereocenters. The van der Waals surface area contributed by atoms with Crippen molar-refractivity contribution in [2.45, 2.75) is 26.4 Å². The van der Waals surface area contributed by atoms with Crippen molar-refractivity contribution in [2.24, 2.45) is 5.92 Å². The van der Waals surface area contributed by atoms with Crippen molar-refractivity contribution >= 4 is 11.9 Å². The first-order valence-corrected chi connectivity index (χ1v) is 7.51. The lowest BCUT2D eigenvalue weighted by molar-refractivity contribution is 0.0763. The van der Waals surface area contributed by atoms with E-state index in [1.54, 1.807) is 11.8 Å². The summed E-state index contributed by atoms with van der Waals surface area (Å²) in [5.41, 5.74) is 8.36. The molecule has 4 N–H and O–H groups in total. The molecule has 8 nitrogen and oxygen atoms in total. The van der Waals surface area contributed by atoms with Gasteiger partial charge in [0.1, 0.15) is 0 Å². The average molecular weight is 316 g/mol. The van der Waals surface area contributed by atoms with E-state index in [0.29, 0.717) is 30.8 Å². The van der Waals surface area contributed by atoms with Crippen molar-refractivity contribution in [1.29, 1.82) is 0 Å². The first-order chi connectivity index (χ1) is 10.9. The van der Waals surface area contributed by atoms with Crippen LogP contribution in [0.1, 0.15) is 27.4 Å². The third kappa shape index (κ3) is 3.16. The number of aryl methyl sites for hydroxylation is 2. The lowest BCUT2D eigenvalue weighted by Crippen LogP contribution is -2.30. The molecule has 0 saturated carbocycles. The molecule has 122 valence electrons. The number of carbonyl (C=O) groups is 1. The summed E-state index contributed by atoms with van der Waals surface area (Å²) in [5.74, 6) is -0.0637. The fourth-order valence-corrected chi connectivity index (χ4v) is 2.93. The Morgan fingerprint density at radius 2 is 2.26 bits per heavy atom. The van der Waals surface area contributed by atoms with Gasteiger partial charge in [-0.1, -0.05) is 0 Å². The number of nitrogen functional groups attached to an aromatic ring is 1. The van der Waals surface area contributed by atoms with Gasteiger partial charge in [-0.3, -0.25) is 9.89 Å². The van der Waals surface area contributed by atoms with Crippen LogP contribution in [0.25, 0.3) is 0 Å². The van der Waals surface area contributed by atoms with Gasteiger partial charge in [0.25, 0.3) is 5.91 Å². The number of hydrogen-bond acceptors (Lipinski definition) is 6. The van der Waals surface area contributed by atoms with Crippen LogP contribution in [-0.2, 0) is 6.42 Å². The third-order valence-electron chi connectivity index (χ3n) is 4.15. The summed E-state index contributed by atoms with van der Waals surface area (Å²) in [6.07, 6.45) is 1.51. The second-order valence-electron chi connectivity index (χ2n) is 6.01. The summed E-state index contributed by atoms with van der Waals surface area (Å²) in [6.45, 7) is 4.44. The molecule has 0 aromatic carbocycles. The van der Waals surface area contributed by atoms with Crippen LogP contribution in [0.15, 0.2) is 12.3 Å². The summed E-state index contributed by atoms with van der Waals surface area (Å²) in [5, 5.41) is 17.3. The SMILES string of the molecule is Cc1cc(CC2CN(C(=O)c3cnc(N)nc3C)CC2O)n[nH]1. The highest BCUT2D eigenvalue weighted by molar-refractivity contribution is 5.95. The van der Waals surface area contributed by atoms with Gasteiger partial charge in [0, 0.05) is 30.9 Å². The molecule has 1 aliphatic heterocycles. The maximum atomic E-state index is 12.6. The van der Waals surface area contributed by atoms with Gasteiger partial charge in [0.2, 0.25) is 5.95 Å². The third-order valence-corrected chi connectivity index (χ3v) is 4.15. The molecule has 8 heteroatoms. The number of likely N-dealkylation sites (tertiary alicyclic amines) is 1. The van der Waals surface area contributed by atoms with E-state index in [1.807, 2.05) is 13.0 Å². The molecule has 2 unspecified atom stereocenters. The summed E-state index contributed by atoms with van der Waals surface area (Å²) in [6, 6.07) is 1.95. The summed E-state index contributed by atoms with van der Waals surface area (Å²) >= 11 is 0. The first-order valence-electron chi connectivity index (χ1n) is 7.51. The molecule has 0 bridgehead atoms. The molecule has 1 fully saturated rings. The van der Waals surface area contributed by atoms with Crippen LogP contribution in [0.4, 0.5) is 5.95 Å². The molecule has 3 rings (SSSR count). The lowest BCUT2D eigenvalue weighted by atomic mass is 10.0. The Labute approximate surface area is 133 Å². The highest BCUT2D eigenvalue weighted by Crippen LogP contribution is 2.23. The standard InChI is InChI=1S/C15H20N6O2/c1-8-3-11(20-19-8)4-10-6-21(7-13(10)22)14(23)12-5-17-15(16)18-9(12)2/h3,5,10,13,22H,4,6-7H2,1-2H3,(H,19,20)(H2,16,17,18). The number of carbonyl (C=O) groups excluding carboxylic acids is 1. The Hall–Kier alpha value is -2.48. The van der Waals surface area contributed by atoms with Gasteiger partial charge in [-0.2, -0.15) is 5.10 Å². The minimum atomic E-state index is -0.564. The molecule has 1 amide bonds. The second kappa shape index (κ2) is 5.96. The van der Waals surface area contributed by atoms with E-state index in [1.165, 1.54) is 6.20 Å². The second-order valence-corrected chi connectivity index (χ2v) is 6.01. The Kier molecular flexibility index (Phi) is 3.99. The van der Waals surface area contributed by atoms with E-state index < -0.39 is 6.10 Å². The minimum absolute atomic E-state index is 0.0309. The average Bonchev–Trinajstić information content (AvgIpc) is 3.05. The van der Waals surface area contributed by atoms with Crippen LogP contribution in [0.3, 0.4) is 0 Å². The number of nitrogens with one attached hydrogen (secondary N) is 1. The van der Waals surface area contributed by atoms with Crippen LogP contribution in [-0.4, -0.2) is 55.3 Å². The molecule has 3 heterocycles. The number of anilines is 1. The van der Waals surface area contributed by atoms with Crippen LogP contribution in [0.2, 0.25) is 0 Å². The molecular weight excluding hydrogens is 296 g/mol. The van der Waals surface area contributed by atoms with Crippen molar-refractivity contribution in [2.75, 3.05) is 18.8 Å². The number of aromatic amines is 1. The number of hydrogen-bond donors (Lipinski definition) is 3. The van der Waals surface area contributed by atoms with E-state index in [4.69, 9.17) is 5.73 Å². The predicted octanol–water partition coefficient (Wildman–Crippen LogP) is 0.0743. The van der Waals surface area contributed by atoms with Crippen molar-refractivity contribution in [3.63, 3.8) is 0 Å². The molecular formula is C15H20N6O2. The van der Waals surface area contributed by atoms with E-state index in [2.05, 4.69) is 20.2 Å². The van der Waals surface area contributed by atoms with Crippen LogP contribution in [0, 0.1) is 19.8 Å². The fourth-order valence-electron chi connectivity index (χ4n) is 2.93. The fraction of sp³-hybridized carbons (Fsp3) is 0.467. The Balaban J connectivity index is 1.71. The molecule has 0 radical (unpaired) electrons. The minimum Gasteiger partial charge on any atom is -0.391 e. The summed E-state index contributed by atoms with van der Waals surface area (Å²) in [7, 11) is 0. The zero-order chi connectivity index (χ0) is 16.6. The van der Waals surface area contributed by atoms with E-state index in [-0.39, 0.29) is 17.8 Å². The van der Waals surface area contributed by atoms with Crippen molar-refractivity contribution < 1.29 is 9.90 Å². The van der Waals surface area contributed by atoms with Crippen molar-refractivity contribution in [3.05, 3.63) is 34.9 Å². The molecule has 0 aliphatic carbocycles. The zero-order valence-electron chi connectivity index (χ0n) is 13.2. The molecule has 1 aliphatic rings. The Morgan fingerprint density at radius 1 is 1.48 bits per heavy atom. The maximum absolute atomic E-state index is 12.6. The largest absolute Gasteiger partial charge is 0.391 e. The number of nitrogens with two attached hydrogens (primary N) is 1. The summed E-state index contributed by atoms with van der Waals surface area (Å²) < 4.78 is 0. The zero-order valence-corrected chi connectivity index (χ0v) is 13.2. The Bertz CT molecular complexity index is 729. The van der Waals surface area contributed by atoms with Gasteiger partial charge in [0.05, 0.1) is 23.1 Å². The number of H-pyrrole nitrogens is 1. The van der Waals surface area contributed by atoms with Crippen molar-refractivity contribution in [3.8, 4) is 0 Å². The van der Waals surface area contributed by atoms with Crippen LogP contribution < -0.4 is 5.73 Å². The molecule has 2 aromatic rings. The normalized spacial score (nSPS) is 20.9. The van der Waals surface area contributed by atoms with E-state index >= 15 is 0 Å². The van der Waals surface area contributed by atoms with Crippen LogP contribution in [0.5, 0.6) is 0 Å². The smallest absolute Gasteiger partial charge is 0.257 e. The maximum Gasteiger partial charge on any atom is 0.257 e. The summed E-state index contributed by atoms with van der Waals surface area (Å²) in [4.78, 5) is 22.1. The number of aromatic nitrogens is 4. The number of aliphatic hydroxyl groups is 1. The number of rotatable bonds is 3. The number of nitrogens with zero attached hydrogens (tertiary/aromatic N) is 4. The van der Waals surface area contributed by atoms with E-state index in [9.17, 15) is 9.90 Å². The van der Waals surface area contributed by atoms with Gasteiger partial charge in [-0.25, -0.2) is 9.97 Å². The van der Waals surface area contributed by atoms with E-state index in [0.717, 1.165) is 11.4 Å². The van der Waals surface area contributed by atoms with Gasteiger partial charge in [0.15, 0.2) is 0 Å². The molecule has 0 spiro atoms. The topological polar surface area (TPSA) is 121 Å². The highest BCUT2D eigenvalue weighted by atomic mass is 16.3.